The number of methoxy groups -OCH3 is 1. The predicted molar refractivity (Wildman–Crippen MR) is 92.5 cm³/mol. The summed E-state index contributed by atoms with van der Waals surface area (Å²) in [4.78, 5) is 11.2. The Morgan fingerprint density at radius 2 is 1.81 bits per heavy atom. The van der Waals surface area contributed by atoms with Crippen LogP contribution in [0.15, 0.2) is 36.4 Å². The number of carbonyl (C=O) groups is 1. The van der Waals surface area contributed by atoms with Crippen LogP contribution in [0.1, 0.15) is 16.7 Å². The summed E-state index contributed by atoms with van der Waals surface area (Å²) in [5, 5.41) is 9.13. The van der Waals surface area contributed by atoms with Gasteiger partial charge in [-0.3, -0.25) is 9.00 Å². The first-order chi connectivity index (χ1) is 12.1. The van der Waals surface area contributed by atoms with Crippen molar-refractivity contribution in [2.75, 3.05) is 13.4 Å². The van der Waals surface area contributed by atoms with Crippen LogP contribution >= 0.6 is 0 Å². The monoisotopic (exact) mass is 386 g/mol. The first-order valence-electron chi connectivity index (χ1n) is 7.52. The zero-order valence-corrected chi connectivity index (χ0v) is 14.9. The highest BCUT2D eigenvalue weighted by Gasteiger charge is 2.37. The number of aliphatic carboxylic acids is 1. The number of carboxylic acid groups (broad SMARTS) is 1. The number of benzene rings is 2. The smallest absolute Gasteiger partial charge is 0.416 e. The largest absolute Gasteiger partial charge is 0.496 e. The summed E-state index contributed by atoms with van der Waals surface area (Å²) < 4.78 is 57.6. The minimum atomic E-state index is -4.77. The van der Waals surface area contributed by atoms with E-state index in [4.69, 9.17) is 9.84 Å². The van der Waals surface area contributed by atoms with Crippen molar-refractivity contribution in [1.29, 1.82) is 0 Å². The Labute approximate surface area is 151 Å². The van der Waals surface area contributed by atoms with E-state index in [-0.39, 0.29) is 22.6 Å². The van der Waals surface area contributed by atoms with E-state index < -0.39 is 34.9 Å². The second-order valence-corrected chi connectivity index (χ2v) is 7.05. The van der Waals surface area contributed by atoms with Gasteiger partial charge in [0.25, 0.3) is 0 Å². The maximum Gasteiger partial charge on any atom is 0.416 e. The summed E-state index contributed by atoms with van der Waals surface area (Å²) in [6.07, 6.45) is -4.24. The van der Waals surface area contributed by atoms with Crippen LogP contribution < -0.4 is 4.74 Å². The van der Waals surface area contributed by atoms with E-state index in [9.17, 15) is 22.2 Å². The number of halogens is 3. The zero-order valence-electron chi connectivity index (χ0n) is 14.1. The Balaban J connectivity index is 2.93. The van der Waals surface area contributed by atoms with Gasteiger partial charge in [-0.05, 0) is 22.8 Å². The Morgan fingerprint density at radius 3 is 2.27 bits per heavy atom. The molecule has 2 rings (SSSR count). The molecule has 0 aliphatic heterocycles. The van der Waals surface area contributed by atoms with E-state index in [0.29, 0.717) is 11.1 Å². The Morgan fingerprint density at radius 1 is 1.19 bits per heavy atom. The molecule has 26 heavy (non-hydrogen) atoms. The molecule has 0 radical (unpaired) electrons. The average molecular weight is 386 g/mol. The molecular formula is C18H17F3O4S. The lowest BCUT2D eigenvalue weighted by molar-refractivity contribution is -0.139. The van der Waals surface area contributed by atoms with Crippen molar-refractivity contribution in [2.45, 2.75) is 18.3 Å². The summed E-state index contributed by atoms with van der Waals surface area (Å²) in [7, 11) is -0.245. The SMILES string of the molecule is COc1cc(C(F)(F)F)c(CC(=O)O)c(CS(C)=O)c1-c1ccccc1. The van der Waals surface area contributed by atoms with Gasteiger partial charge in [-0.2, -0.15) is 13.2 Å². The summed E-state index contributed by atoms with van der Waals surface area (Å²) >= 11 is 0. The van der Waals surface area contributed by atoms with Gasteiger partial charge in [0, 0.05) is 28.4 Å². The molecule has 0 saturated carbocycles. The summed E-state index contributed by atoms with van der Waals surface area (Å²) in [6, 6.07) is 9.32. The number of hydrogen-bond donors (Lipinski definition) is 1. The standard InChI is InChI=1S/C18H17F3O4S/c1-25-15-9-14(18(19,20)21)12(8-16(22)23)13(10-26(2)24)17(15)11-6-4-3-5-7-11/h3-7,9H,8,10H2,1-2H3,(H,22,23). The number of ether oxygens (including phenoxy) is 1. The van der Waals surface area contributed by atoms with Crippen LogP contribution in [0.25, 0.3) is 11.1 Å². The fraction of sp³-hybridized carbons (Fsp3) is 0.278. The fourth-order valence-electron chi connectivity index (χ4n) is 2.80. The quantitative estimate of drug-likeness (QED) is 0.818. The van der Waals surface area contributed by atoms with Crippen molar-refractivity contribution in [3.05, 3.63) is 53.1 Å². The van der Waals surface area contributed by atoms with Crippen molar-refractivity contribution in [3.63, 3.8) is 0 Å². The Bertz CT molecular complexity index is 833. The van der Waals surface area contributed by atoms with E-state index in [2.05, 4.69) is 0 Å². The highest BCUT2D eigenvalue weighted by atomic mass is 32.2. The second kappa shape index (κ2) is 7.90. The topological polar surface area (TPSA) is 63.6 Å². The molecule has 0 saturated heterocycles. The maximum absolute atomic E-state index is 13.5. The molecule has 8 heteroatoms. The molecule has 1 unspecified atom stereocenters. The van der Waals surface area contributed by atoms with Crippen LogP contribution in [0.4, 0.5) is 13.2 Å². The molecule has 0 bridgehead atoms. The molecule has 0 amide bonds. The maximum atomic E-state index is 13.5. The lowest BCUT2D eigenvalue weighted by Gasteiger charge is -2.22. The number of hydrogen-bond acceptors (Lipinski definition) is 3. The van der Waals surface area contributed by atoms with Crippen molar-refractivity contribution in [2.24, 2.45) is 0 Å². The van der Waals surface area contributed by atoms with Crippen LogP contribution in [-0.2, 0) is 33.9 Å². The fourth-order valence-corrected chi connectivity index (χ4v) is 3.53. The molecule has 0 aromatic heterocycles. The van der Waals surface area contributed by atoms with E-state index in [1.807, 2.05) is 0 Å². The summed E-state index contributed by atoms with van der Waals surface area (Å²) in [5.74, 6) is -1.66. The van der Waals surface area contributed by atoms with E-state index in [1.165, 1.54) is 13.4 Å². The average Bonchev–Trinajstić information content (AvgIpc) is 2.54. The molecule has 0 aliphatic rings. The van der Waals surface area contributed by atoms with Crippen molar-refractivity contribution < 1.29 is 32.0 Å². The molecule has 0 aliphatic carbocycles. The molecule has 0 heterocycles. The van der Waals surface area contributed by atoms with Gasteiger partial charge in [0.1, 0.15) is 5.75 Å². The van der Waals surface area contributed by atoms with E-state index in [0.717, 1.165) is 6.07 Å². The van der Waals surface area contributed by atoms with Crippen LogP contribution in [0.5, 0.6) is 5.75 Å². The number of rotatable bonds is 6. The van der Waals surface area contributed by atoms with Crippen molar-refractivity contribution >= 4 is 16.8 Å². The minimum Gasteiger partial charge on any atom is -0.496 e. The van der Waals surface area contributed by atoms with Gasteiger partial charge in [-0.1, -0.05) is 30.3 Å². The van der Waals surface area contributed by atoms with Crippen molar-refractivity contribution in [3.8, 4) is 16.9 Å². The van der Waals surface area contributed by atoms with Crippen LogP contribution in [0, 0.1) is 0 Å². The van der Waals surface area contributed by atoms with Crippen LogP contribution in [0.3, 0.4) is 0 Å². The molecule has 0 spiro atoms. The molecular weight excluding hydrogens is 369 g/mol. The third-order valence-corrected chi connectivity index (χ3v) is 4.47. The molecule has 2 aromatic carbocycles. The Kier molecular flexibility index (Phi) is 6.07. The normalized spacial score (nSPS) is 12.7. The summed E-state index contributed by atoms with van der Waals surface area (Å²) in [6.45, 7) is 0. The molecule has 4 nitrogen and oxygen atoms in total. The molecule has 1 N–H and O–H groups in total. The molecule has 2 aromatic rings. The van der Waals surface area contributed by atoms with E-state index in [1.54, 1.807) is 30.3 Å². The van der Waals surface area contributed by atoms with Gasteiger partial charge in [0.15, 0.2) is 0 Å². The summed E-state index contributed by atoms with van der Waals surface area (Å²) in [5.41, 5.74) is -0.513. The zero-order chi connectivity index (χ0) is 19.5. The third kappa shape index (κ3) is 4.43. The third-order valence-electron chi connectivity index (χ3n) is 3.78. The van der Waals surface area contributed by atoms with Crippen LogP contribution in [-0.4, -0.2) is 28.7 Å². The lowest BCUT2D eigenvalue weighted by Crippen LogP contribution is -2.17. The van der Waals surface area contributed by atoms with Gasteiger partial charge in [0.05, 0.1) is 19.1 Å². The van der Waals surface area contributed by atoms with Gasteiger partial charge in [0.2, 0.25) is 0 Å². The van der Waals surface area contributed by atoms with Gasteiger partial charge < -0.3 is 9.84 Å². The van der Waals surface area contributed by atoms with Crippen molar-refractivity contribution in [1.82, 2.24) is 0 Å². The van der Waals surface area contributed by atoms with Gasteiger partial charge in [-0.25, -0.2) is 0 Å². The number of carboxylic acids is 1. The molecule has 140 valence electrons. The van der Waals surface area contributed by atoms with E-state index >= 15 is 0 Å². The highest BCUT2D eigenvalue weighted by molar-refractivity contribution is 7.83. The minimum absolute atomic E-state index is 0.0434. The highest BCUT2D eigenvalue weighted by Crippen LogP contribution is 2.43. The van der Waals surface area contributed by atoms with Gasteiger partial charge >= 0.3 is 12.1 Å². The molecule has 1 atom stereocenters. The Hall–Kier alpha value is -2.35. The van der Waals surface area contributed by atoms with Gasteiger partial charge in [-0.15, -0.1) is 0 Å². The predicted octanol–water partition coefficient (Wildman–Crippen LogP) is 3.89. The number of alkyl halides is 3. The lowest BCUT2D eigenvalue weighted by atomic mass is 9.89. The van der Waals surface area contributed by atoms with Crippen LogP contribution in [0.2, 0.25) is 0 Å². The molecule has 0 fully saturated rings. The second-order valence-electron chi connectivity index (χ2n) is 5.61. The first-order valence-corrected chi connectivity index (χ1v) is 9.25. The first kappa shape index (κ1) is 20.0.